The lowest BCUT2D eigenvalue weighted by Crippen LogP contribution is -2.18. The Kier molecular flexibility index (Phi) is 3.88. The molecule has 108 valence electrons. The fourth-order valence-corrected chi connectivity index (χ4v) is 3.15. The molecule has 0 spiro atoms. The number of halogens is 1. The Balaban J connectivity index is 1.86. The average molecular weight is 348 g/mol. The maximum absolute atomic E-state index is 10.7. The molecule has 0 saturated heterocycles. The zero-order valence-corrected chi connectivity index (χ0v) is 12.8. The molecule has 1 heterocycles. The fraction of sp³-hybridized carbons (Fsp3) is 0.267. The summed E-state index contributed by atoms with van der Waals surface area (Å²) in [4.78, 5) is 14.5. The number of anilines is 1. The first kappa shape index (κ1) is 14.0. The molecule has 3 rings (SSSR count). The van der Waals surface area contributed by atoms with E-state index in [-0.39, 0.29) is 11.7 Å². The molecular weight excluding hydrogens is 334 g/mol. The van der Waals surface area contributed by atoms with Gasteiger partial charge in [0.15, 0.2) is 0 Å². The third-order valence-corrected chi connectivity index (χ3v) is 4.32. The number of fused-ring (bicyclic) bond motifs is 1. The Morgan fingerprint density at radius 2 is 2.19 bits per heavy atom. The summed E-state index contributed by atoms with van der Waals surface area (Å²) in [6.07, 6.45) is 4.53. The van der Waals surface area contributed by atoms with Gasteiger partial charge in [0.2, 0.25) is 0 Å². The van der Waals surface area contributed by atoms with Crippen LogP contribution in [0, 0.1) is 10.1 Å². The third-order valence-electron chi connectivity index (χ3n) is 3.72. The van der Waals surface area contributed by atoms with Crippen LogP contribution in [-0.4, -0.2) is 9.91 Å². The molecule has 1 aliphatic rings. The number of rotatable bonds is 3. The molecule has 1 unspecified atom stereocenters. The highest BCUT2D eigenvalue weighted by Crippen LogP contribution is 2.34. The predicted molar refractivity (Wildman–Crippen MR) is 84.3 cm³/mol. The second-order valence-electron chi connectivity index (χ2n) is 5.07. The minimum atomic E-state index is -0.447. The molecule has 1 aromatic heterocycles. The predicted octanol–water partition coefficient (Wildman–Crippen LogP) is 4.24. The Morgan fingerprint density at radius 3 is 2.95 bits per heavy atom. The number of aromatic nitrogens is 1. The monoisotopic (exact) mass is 347 g/mol. The minimum Gasteiger partial charge on any atom is -0.362 e. The Bertz CT molecular complexity index is 690. The van der Waals surface area contributed by atoms with Gasteiger partial charge < -0.3 is 5.32 Å². The summed E-state index contributed by atoms with van der Waals surface area (Å²) >= 11 is 3.35. The third kappa shape index (κ3) is 2.90. The number of nitrogens with zero attached hydrogens (tertiary/aromatic N) is 2. The van der Waals surface area contributed by atoms with Crippen LogP contribution in [-0.2, 0) is 6.42 Å². The SMILES string of the molecule is O=[N+]([O-])c1cnc(NC2CCCc3ccccc32)c(Br)c1. The molecule has 6 heteroatoms. The largest absolute Gasteiger partial charge is 0.362 e. The van der Waals surface area contributed by atoms with E-state index in [1.807, 2.05) is 6.07 Å². The van der Waals surface area contributed by atoms with Crippen molar-refractivity contribution < 1.29 is 4.92 Å². The number of aryl methyl sites for hydroxylation is 1. The van der Waals surface area contributed by atoms with Gasteiger partial charge >= 0.3 is 0 Å². The molecule has 0 radical (unpaired) electrons. The van der Waals surface area contributed by atoms with E-state index in [0.29, 0.717) is 10.3 Å². The maximum Gasteiger partial charge on any atom is 0.288 e. The summed E-state index contributed by atoms with van der Waals surface area (Å²) in [6.45, 7) is 0. The van der Waals surface area contributed by atoms with Gasteiger partial charge in [0.05, 0.1) is 15.4 Å². The number of hydrogen-bond acceptors (Lipinski definition) is 4. The standard InChI is InChI=1S/C15H14BrN3O2/c16-13-8-11(19(20)21)9-17-15(13)18-14-7-3-5-10-4-1-2-6-12(10)14/h1-2,4,6,8-9,14H,3,5,7H2,(H,17,18). The molecule has 21 heavy (non-hydrogen) atoms. The van der Waals surface area contributed by atoms with E-state index in [0.717, 1.165) is 19.3 Å². The van der Waals surface area contributed by atoms with Gasteiger partial charge in [-0.3, -0.25) is 10.1 Å². The van der Waals surface area contributed by atoms with E-state index in [9.17, 15) is 10.1 Å². The lowest BCUT2D eigenvalue weighted by Gasteiger charge is -2.27. The van der Waals surface area contributed by atoms with Crippen LogP contribution in [0.3, 0.4) is 0 Å². The zero-order valence-electron chi connectivity index (χ0n) is 11.3. The van der Waals surface area contributed by atoms with E-state index in [1.165, 1.54) is 23.4 Å². The van der Waals surface area contributed by atoms with Crippen molar-refractivity contribution in [2.75, 3.05) is 5.32 Å². The van der Waals surface area contributed by atoms with Crippen LogP contribution < -0.4 is 5.32 Å². The Morgan fingerprint density at radius 1 is 1.38 bits per heavy atom. The van der Waals surface area contributed by atoms with Crippen LogP contribution in [0.25, 0.3) is 0 Å². The average Bonchev–Trinajstić information content (AvgIpc) is 2.49. The van der Waals surface area contributed by atoms with Crippen molar-refractivity contribution in [2.45, 2.75) is 25.3 Å². The molecule has 1 atom stereocenters. The number of nitrogens with one attached hydrogen (secondary N) is 1. The molecular formula is C15H14BrN3O2. The Labute approximate surface area is 130 Å². The molecule has 1 aromatic carbocycles. The van der Waals surface area contributed by atoms with Crippen molar-refractivity contribution >= 4 is 27.4 Å². The molecule has 0 amide bonds. The van der Waals surface area contributed by atoms with Gasteiger partial charge in [-0.1, -0.05) is 24.3 Å². The zero-order chi connectivity index (χ0) is 14.8. The normalized spacial score (nSPS) is 17.1. The molecule has 1 aliphatic carbocycles. The van der Waals surface area contributed by atoms with Crippen molar-refractivity contribution in [3.05, 3.63) is 62.2 Å². The van der Waals surface area contributed by atoms with Gasteiger partial charge in [0.25, 0.3) is 5.69 Å². The van der Waals surface area contributed by atoms with Gasteiger partial charge in [-0.15, -0.1) is 0 Å². The van der Waals surface area contributed by atoms with Crippen LogP contribution in [0.1, 0.15) is 30.0 Å². The summed E-state index contributed by atoms with van der Waals surface area (Å²) < 4.78 is 0.611. The van der Waals surface area contributed by atoms with E-state index < -0.39 is 4.92 Å². The van der Waals surface area contributed by atoms with Crippen molar-refractivity contribution in [3.63, 3.8) is 0 Å². The smallest absolute Gasteiger partial charge is 0.288 e. The highest BCUT2D eigenvalue weighted by Gasteiger charge is 2.21. The van der Waals surface area contributed by atoms with E-state index >= 15 is 0 Å². The summed E-state index contributed by atoms with van der Waals surface area (Å²) in [5.74, 6) is 0.641. The lowest BCUT2D eigenvalue weighted by molar-refractivity contribution is -0.385. The van der Waals surface area contributed by atoms with Crippen molar-refractivity contribution in [1.82, 2.24) is 4.98 Å². The highest BCUT2D eigenvalue weighted by atomic mass is 79.9. The summed E-state index contributed by atoms with van der Waals surface area (Å²) in [7, 11) is 0. The van der Waals surface area contributed by atoms with Crippen LogP contribution >= 0.6 is 15.9 Å². The van der Waals surface area contributed by atoms with Gasteiger partial charge in [-0.2, -0.15) is 0 Å². The molecule has 1 N–H and O–H groups in total. The number of benzene rings is 1. The van der Waals surface area contributed by atoms with Crippen LogP contribution in [0.5, 0.6) is 0 Å². The maximum atomic E-state index is 10.7. The first-order chi connectivity index (χ1) is 10.1. The van der Waals surface area contributed by atoms with Crippen molar-refractivity contribution in [1.29, 1.82) is 0 Å². The molecule has 0 bridgehead atoms. The van der Waals surface area contributed by atoms with Gasteiger partial charge in [-0.25, -0.2) is 4.98 Å². The molecule has 5 nitrogen and oxygen atoms in total. The van der Waals surface area contributed by atoms with Crippen molar-refractivity contribution in [3.8, 4) is 0 Å². The topological polar surface area (TPSA) is 68.1 Å². The van der Waals surface area contributed by atoms with Crippen LogP contribution in [0.15, 0.2) is 41.0 Å². The second kappa shape index (κ2) is 5.81. The van der Waals surface area contributed by atoms with Crippen LogP contribution in [0.2, 0.25) is 0 Å². The van der Waals surface area contributed by atoms with Gasteiger partial charge in [0, 0.05) is 6.07 Å². The fourth-order valence-electron chi connectivity index (χ4n) is 2.70. The van der Waals surface area contributed by atoms with Gasteiger partial charge in [-0.05, 0) is 46.3 Å². The summed E-state index contributed by atoms with van der Waals surface area (Å²) in [5.41, 5.74) is 2.63. The number of pyridine rings is 1. The molecule has 0 saturated carbocycles. The first-order valence-corrected chi connectivity index (χ1v) is 7.59. The van der Waals surface area contributed by atoms with E-state index in [2.05, 4.69) is 44.4 Å². The number of nitro groups is 1. The number of hydrogen-bond donors (Lipinski definition) is 1. The molecule has 0 fully saturated rings. The minimum absolute atomic E-state index is 0.0172. The first-order valence-electron chi connectivity index (χ1n) is 6.79. The molecule has 0 aliphatic heterocycles. The van der Waals surface area contributed by atoms with E-state index in [4.69, 9.17) is 0 Å². The quantitative estimate of drug-likeness (QED) is 0.665. The van der Waals surface area contributed by atoms with Crippen LogP contribution in [0.4, 0.5) is 11.5 Å². The summed E-state index contributed by atoms with van der Waals surface area (Å²) in [6, 6.07) is 10.1. The lowest BCUT2D eigenvalue weighted by atomic mass is 9.88. The second-order valence-corrected chi connectivity index (χ2v) is 5.92. The summed E-state index contributed by atoms with van der Waals surface area (Å²) in [5, 5.41) is 14.1. The highest BCUT2D eigenvalue weighted by molar-refractivity contribution is 9.10. The molecule has 2 aromatic rings. The van der Waals surface area contributed by atoms with E-state index in [1.54, 1.807) is 0 Å². The van der Waals surface area contributed by atoms with Gasteiger partial charge in [0.1, 0.15) is 12.0 Å². The van der Waals surface area contributed by atoms with Crippen molar-refractivity contribution in [2.24, 2.45) is 0 Å². The Hall–Kier alpha value is -1.95.